The number of phenolic OH excluding ortho intramolecular Hbond substituents is 1. The predicted octanol–water partition coefficient (Wildman–Crippen LogP) is 2.60. The summed E-state index contributed by atoms with van der Waals surface area (Å²) < 4.78 is 0. The van der Waals surface area contributed by atoms with E-state index in [0.29, 0.717) is 12.4 Å². The number of rotatable bonds is 2. The monoisotopic (exact) mass is 273 g/mol. The number of phenols is 1. The summed E-state index contributed by atoms with van der Waals surface area (Å²) in [7, 11) is 0. The van der Waals surface area contributed by atoms with Crippen LogP contribution in [-0.4, -0.2) is 37.7 Å². The first-order valence-electron chi connectivity index (χ1n) is 6.49. The average molecular weight is 273 g/mol. The van der Waals surface area contributed by atoms with Gasteiger partial charge in [-0.25, -0.2) is 9.78 Å². The average Bonchev–Trinajstić information content (AvgIpc) is 3.08. The Morgan fingerprint density at radius 3 is 2.80 bits per heavy atom. The van der Waals surface area contributed by atoms with Gasteiger partial charge in [0.15, 0.2) is 0 Å². The molecule has 1 aromatic heterocycles. The molecule has 3 N–H and O–H groups in total. The van der Waals surface area contributed by atoms with Crippen molar-refractivity contribution in [1.29, 1.82) is 0 Å². The summed E-state index contributed by atoms with van der Waals surface area (Å²) in [6.07, 6.45) is 2.43. The van der Waals surface area contributed by atoms with Gasteiger partial charge < -0.3 is 15.2 Å². The molecule has 6 nitrogen and oxygen atoms in total. The highest BCUT2D eigenvalue weighted by molar-refractivity contribution is 5.66. The zero-order chi connectivity index (χ0) is 14.1. The quantitative estimate of drug-likeness (QED) is 0.784. The molecule has 1 aliphatic heterocycles. The Labute approximate surface area is 115 Å². The van der Waals surface area contributed by atoms with Crippen LogP contribution >= 0.6 is 0 Å². The number of aromatic amines is 1. The molecule has 1 atom stereocenters. The summed E-state index contributed by atoms with van der Waals surface area (Å²) in [5, 5.41) is 18.4. The Morgan fingerprint density at radius 2 is 2.10 bits per heavy atom. The lowest BCUT2D eigenvalue weighted by atomic mass is 10.1. The summed E-state index contributed by atoms with van der Waals surface area (Å²) in [5.41, 5.74) is 1.72. The fourth-order valence-electron chi connectivity index (χ4n) is 2.57. The number of H-pyrrole nitrogens is 1. The molecule has 1 unspecified atom stereocenters. The molecule has 0 aliphatic carbocycles. The minimum atomic E-state index is -0.907. The largest absolute Gasteiger partial charge is 0.508 e. The number of aromatic hydroxyl groups is 1. The highest BCUT2D eigenvalue weighted by atomic mass is 16.4. The van der Waals surface area contributed by atoms with E-state index in [4.69, 9.17) is 5.11 Å². The van der Waals surface area contributed by atoms with Crippen LogP contribution < -0.4 is 0 Å². The number of nitrogens with zero attached hydrogens (tertiary/aromatic N) is 2. The normalized spacial score (nSPS) is 18.4. The van der Waals surface area contributed by atoms with Crippen LogP contribution in [0.3, 0.4) is 0 Å². The Hall–Kier alpha value is -2.50. The van der Waals surface area contributed by atoms with Crippen molar-refractivity contribution >= 4 is 6.09 Å². The van der Waals surface area contributed by atoms with Gasteiger partial charge in [-0.2, -0.15) is 0 Å². The number of aromatic nitrogens is 2. The molecule has 3 rings (SSSR count). The first kappa shape index (κ1) is 12.5. The van der Waals surface area contributed by atoms with Gasteiger partial charge in [-0.1, -0.05) is 0 Å². The van der Waals surface area contributed by atoms with Crippen molar-refractivity contribution in [3.8, 4) is 17.0 Å². The highest BCUT2D eigenvalue weighted by Crippen LogP contribution is 2.31. The van der Waals surface area contributed by atoms with Crippen LogP contribution in [0, 0.1) is 0 Å². The molecular weight excluding hydrogens is 258 g/mol. The number of benzene rings is 1. The van der Waals surface area contributed by atoms with Crippen LogP contribution in [0.1, 0.15) is 24.7 Å². The Morgan fingerprint density at radius 1 is 1.35 bits per heavy atom. The van der Waals surface area contributed by atoms with Crippen molar-refractivity contribution in [1.82, 2.24) is 14.9 Å². The van der Waals surface area contributed by atoms with Gasteiger partial charge in [0.1, 0.15) is 11.6 Å². The van der Waals surface area contributed by atoms with E-state index < -0.39 is 6.09 Å². The highest BCUT2D eigenvalue weighted by Gasteiger charge is 2.31. The van der Waals surface area contributed by atoms with E-state index in [1.54, 1.807) is 30.5 Å². The van der Waals surface area contributed by atoms with Crippen molar-refractivity contribution in [2.75, 3.05) is 6.54 Å². The molecular formula is C14H15N3O3. The van der Waals surface area contributed by atoms with E-state index in [0.717, 1.165) is 24.1 Å². The maximum Gasteiger partial charge on any atom is 0.407 e. The smallest absolute Gasteiger partial charge is 0.407 e. The van der Waals surface area contributed by atoms with Crippen LogP contribution in [-0.2, 0) is 0 Å². The Balaban J connectivity index is 1.86. The summed E-state index contributed by atoms with van der Waals surface area (Å²) in [6, 6.07) is 6.59. The number of hydrogen-bond donors (Lipinski definition) is 3. The Bertz CT molecular complexity index is 621. The number of hydrogen-bond acceptors (Lipinski definition) is 3. The molecule has 2 heterocycles. The van der Waals surface area contributed by atoms with Gasteiger partial charge >= 0.3 is 6.09 Å². The van der Waals surface area contributed by atoms with Gasteiger partial charge in [-0.05, 0) is 42.7 Å². The van der Waals surface area contributed by atoms with E-state index in [-0.39, 0.29) is 11.8 Å². The topological polar surface area (TPSA) is 89.4 Å². The third-order valence-electron chi connectivity index (χ3n) is 3.59. The van der Waals surface area contributed by atoms with Gasteiger partial charge in [0.05, 0.1) is 17.9 Å². The van der Waals surface area contributed by atoms with Crippen LogP contribution in [0.4, 0.5) is 4.79 Å². The van der Waals surface area contributed by atoms with Crippen molar-refractivity contribution in [2.45, 2.75) is 18.9 Å². The van der Waals surface area contributed by atoms with E-state index >= 15 is 0 Å². The summed E-state index contributed by atoms with van der Waals surface area (Å²) in [4.78, 5) is 20.1. The van der Waals surface area contributed by atoms with Crippen molar-refractivity contribution in [3.63, 3.8) is 0 Å². The molecule has 1 aromatic carbocycles. The maximum absolute atomic E-state index is 11.2. The van der Waals surface area contributed by atoms with E-state index in [1.807, 2.05) is 0 Å². The van der Waals surface area contributed by atoms with E-state index in [9.17, 15) is 9.90 Å². The number of carbonyl (C=O) groups is 1. The lowest BCUT2D eigenvalue weighted by Crippen LogP contribution is -2.29. The lowest BCUT2D eigenvalue weighted by Gasteiger charge is -2.19. The molecule has 1 aliphatic rings. The van der Waals surface area contributed by atoms with Crippen LogP contribution in [0.2, 0.25) is 0 Å². The third kappa shape index (κ3) is 2.20. The molecule has 1 saturated heterocycles. The molecule has 2 aromatic rings. The summed E-state index contributed by atoms with van der Waals surface area (Å²) in [6.45, 7) is 0.551. The number of nitrogens with one attached hydrogen (secondary N) is 1. The van der Waals surface area contributed by atoms with Gasteiger partial charge in [0.25, 0.3) is 0 Å². The fourth-order valence-corrected chi connectivity index (χ4v) is 2.57. The molecule has 104 valence electrons. The van der Waals surface area contributed by atoms with Gasteiger partial charge in [0, 0.05) is 6.54 Å². The first-order valence-corrected chi connectivity index (χ1v) is 6.49. The fraction of sp³-hybridized carbons (Fsp3) is 0.286. The molecule has 1 amide bonds. The molecule has 0 saturated carbocycles. The van der Waals surface area contributed by atoms with E-state index in [1.165, 1.54) is 4.90 Å². The van der Waals surface area contributed by atoms with E-state index in [2.05, 4.69) is 9.97 Å². The van der Waals surface area contributed by atoms with Gasteiger partial charge in [-0.3, -0.25) is 4.90 Å². The zero-order valence-electron chi connectivity index (χ0n) is 10.8. The van der Waals surface area contributed by atoms with Crippen molar-refractivity contribution < 1.29 is 15.0 Å². The van der Waals surface area contributed by atoms with Crippen molar-refractivity contribution in [2.24, 2.45) is 0 Å². The van der Waals surface area contributed by atoms with Gasteiger partial charge in [0.2, 0.25) is 0 Å². The van der Waals surface area contributed by atoms with Crippen molar-refractivity contribution in [3.05, 3.63) is 36.3 Å². The number of imidazole rings is 1. The molecule has 0 spiro atoms. The molecule has 6 heteroatoms. The lowest BCUT2D eigenvalue weighted by molar-refractivity contribution is 0.139. The summed E-state index contributed by atoms with van der Waals surface area (Å²) >= 11 is 0. The molecule has 1 fully saturated rings. The van der Waals surface area contributed by atoms with Crippen LogP contribution in [0.15, 0.2) is 30.5 Å². The standard InChI is InChI=1S/C14H15N3O3/c18-10-5-3-9(4-6-10)11-8-15-13(16-11)12-2-1-7-17(12)14(19)20/h3-6,8,12,18H,1-2,7H2,(H,15,16)(H,19,20). The van der Waals surface area contributed by atoms with Gasteiger partial charge in [-0.15, -0.1) is 0 Å². The molecule has 20 heavy (non-hydrogen) atoms. The number of amides is 1. The summed E-state index contributed by atoms with van der Waals surface area (Å²) in [5.74, 6) is 0.884. The molecule has 0 bridgehead atoms. The zero-order valence-corrected chi connectivity index (χ0v) is 10.8. The first-order chi connectivity index (χ1) is 9.65. The van der Waals surface area contributed by atoms with Crippen LogP contribution in [0.5, 0.6) is 5.75 Å². The minimum Gasteiger partial charge on any atom is -0.508 e. The third-order valence-corrected chi connectivity index (χ3v) is 3.59. The molecule has 0 radical (unpaired) electrons. The SMILES string of the molecule is O=C(O)N1CCCC1c1ncc(-c2ccc(O)cc2)[nH]1. The maximum atomic E-state index is 11.2. The second-order valence-electron chi connectivity index (χ2n) is 4.86. The number of likely N-dealkylation sites (tertiary alicyclic amines) is 1. The predicted molar refractivity (Wildman–Crippen MR) is 72.4 cm³/mol. The second-order valence-corrected chi connectivity index (χ2v) is 4.86. The second kappa shape index (κ2) is 4.88. The van der Waals surface area contributed by atoms with Crippen LogP contribution in [0.25, 0.3) is 11.3 Å². The minimum absolute atomic E-state index is 0.196. The number of carboxylic acid groups (broad SMARTS) is 1. The Kier molecular flexibility index (Phi) is 3.06.